The van der Waals surface area contributed by atoms with Crippen LogP contribution in [0.2, 0.25) is 0 Å². The molecule has 0 saturated heterocycles. The molecule has 0 bridgehead atoms. The third kappa shape index (κ3) is 3.38. The molecule has 1 aromatic carbocycles. The predicted molar refractivity (Wildman–Crippen MR) is 58.3 cm³/mol. The van der Waals surface area contributed by atoms with Crippen LogP contribution < -0.4 is 5.32 Å². The average molecular weight is 212 g/mol. The van der Waals surface area contributed by atoms with Crippen molar-refractivity contribution >= 4 is 17.5 Å². The highest BCUT2D eigenvalue weighted by molar-refractivity contribution is 6.30. The lowest BCUT2D eigenvalue weighted by atomic mass is 10.1. The van der Waals surface area contributed by atoms with Crippen LogP contribution in [0.4, 0.5) is 0 Å². The van der Waals surface area contributed by atoms with Gasteiger partial charge in [-0.05, 0) is 19.4 Å². The first-order valence-corrected chi connectivity index (χ1v) is 5.00. The van der Waals surface area contributed by atoms with E-state index in [9.17, 15) is 4.79 Å². The summed E-state index contributed by atoms with van der Waals surface area (Å²) in [6, 6.07) is 8.03. The van der Waals surface area contributed by atoms with E-state index in [4.69, 9.17) is 11.6 Å². The Balaban J connectivity index is 2.46. The van der Waals surface area contributed by atoms with Crippen LogP contribution in [0.1, 0.15) is 18.1 Å². The molecule has 0 aliphatic carbocycles. The Bertz CT molecular complexity index is 306. The van der Waals surface area contributed by atoms with Crippen molar-refractivity contribution in [2.45, 2.75) is 25.8 Å². The van der Waals surface area contributed by atoms with Gasteiger partial charge in [-0.2, -0.15) is 0 Å². The summed E-state index contributed by atoms with van der Waals surface area (Å²) in [5.74, 6) is -0.132. The van der Waals surface area contributed by atoms with Gasteiger partial charge in [0, 0.05) is 6.54 Å². The first kappa shape index (κ1) is 11.1. The van der Waals surface area contributed by atoms with E-state index in [1.54, 1.807) is 6.92 Å². The molecule has 0 heterocycles. The minimum absolute atomic E-state index is 0.132. The molecular weight excluding hydrogens is 198 g/mol. The number of alkyl halides is 1. The van der Waals surface area contributed by atoms with Crippen molar-refractivity contribution in [3.05, 3.63) is 35.4 Å². The van der Waals surface area contributed by atoms with Gasteiger partial charge in [0.25, 0.3) is 0 Å². The van der Waals surface area contributed by atoms with E-state index in [0.717, 1.165) is 5.56 Å². The first-order valence-electron chi connectivity index (χ1n) is 4.57. The van der Waals surface area contributed by atoms with Gasteiger partial charge in [-0.25, -0.2) is 0 Å². The number of hydrogen-bond donors (Lipinski definition) is 1. The molecule has 1 rings (SSSR count). The highest BCUT2D eigenvalue weighted by Crippen LogP contribution is 2.03. The molecule has 1 amide bonds. The highest BCUT2D eigenvalue weighted by Gasteiger charge is 2.07. The molecule has 0 aliphatic heterocycles. The number of benzene rings is 1. The summed E-state index contributed by atoms with van der Waals surface area (Å²) in [6.07, 6.45) is 0. The zero-order valence-electron chi connectivity index (χ0n) is 8.38. The van der Waals surface area contributed by atoms with Gasteiger partial charge in [0.2, 0.25) is 5.91 Å². The summed E-state index contributed by atoms with van der Waals surface area (Å²) in [5, 5.41) is 2.28. The first-order chi connectivity index (χ1) is 6.59. The summed E-state index contributed by atoms with van der Waals surface area (Å²) in [4.78, 5) is 11.1. The number of nitrogens with one attached hydrogen (secondary N) is 1. The van der Waals surface area contributed by atoms with Crippen molar-refractivity contribution in [2.24, 2.45) is 0 Å². The second-order valence-corrected chi connectivity index (χ2v) is 3.97. The lowest BCUT2D eigenvalue weighted by molar-refractivity contribution is -0.120. The number of hydrogen-bond acceptors (Lipinski definition) is 1. The van der Waals surface area contributed by atoms with Crippen LogP contribution in [-0.2, 0) is 11.3 Å². The van der Waals surface area contributed by atoms with Crippen molar-refractivity contribution in [2.75, 3.05) is 0 Å². The van der Waals surface area contributed by atoms with Crippen LogP contribution in [0.15, 0.2) is 24.3 Å². The third-order valence-corrected chi connectivity index (χ3v) is 2.15. The fourth-order valence-corrected chi connectivity index (χ4v) is 1.11. The van der Waals surface area contributed by atoms with Crippen LogP contribution in [0.3, 0.4) is 0 Å². The van der Waals surface area contributed by atoms with E-state index in [2.05, 4.69) is 5.32 Å². The smallest absolute Gasteiger partial charge is 0.238 e. The largest absolute Gasteiger partial charge is 0.351 e. The third-order valence-electron chi connectivity index (χ3n) is 1.95. The number of carbonyl (C=O) groups excluding carboxylic acids is 1. The molecule has 0 radical (unpaired) electrons. The minimum Gasteiger partial charge on any atom is -0.351 e. The molecule has 76 valence electrons. The fraction of sp³-hybridized carbons (Fsp3) is 0.364. The summed E-state index contributed by atoms with van der Waals surface area (Å²) >= 11 is 5.61. The minimum atomic E-state index is -0.472. The van der Waals surface area contributed by atoms with Gasteiger partial charge in [0.05, 0.1) is 0 Å². The molecule has 2 nitrogen and oxygen atoms in total. The van der Waals surface area contributed by atoms with E-state index >= 15 is 0 Å². The molecule has 0 fully saturated rings. The zero-order valence-corrected chi connectivity index (χ0v) is 9.14. The van der Waals surface area contributed by atoms with Gasteiger partial charge in [-0.1, -0.05) is 29.8 Å². The quantitative estimate of drug-likeness (QED) is 0.764. The van der Waals surface area contributed by atoms with Gasteiger partial charge in [-0.15, -0.1) is 11.6 Å². The Morgan fingerprint density at radius 3 is 2.50 bits per heavy atom. The van der Waals surface area contributed by atoms with Gasteiger partial charge in [0.15, 0.2) is 0 Å². The van der Waals surface area contributed by atoms with E-state index in [-0.39, 0.29) is 5.91 Å². The predicted octanol–water partition coefficient (Wildman–Crippen LogP) is 2.24. The Hall–Kier alpha value is -1.02. The number of rotatable bonds is 3. The van der Waals surface area contributed by atoms with Crippen molar-refractivity contribution in [1.82, 2.24) is 5.32 Å². The van der Waals surface area contributed by atoms with Crippen LogP contribution in [-0.4, -0.2) is 11.3 Å². The van der Waals surface area contributed by atoms with Crippen molar-refractivity contribution in [3.8, 4) is 0 Å². The van der Waals surface area contributed by atoms with E-state index in [1.807, 2.05) is 31.2 Å². The van der Waals surface area contributed by atoms with E-state index < -0.39 is 5.38 Å². The SMILES string of the molecule is Cc1ccc(CNC(=O)C(C)Cl)cc1. The molecule has 3 heteroatoms. The summed E-state index contributed by atoms with van der Waals surface area (Å²) in [5.41, 5.74) is 2.30. The molecule has 1 N–H and O–H groups in total. The lowest BCUT2D eigenvalue weighted by Crippen LogP contribution is -2.28. The van der Waals surface area contributed by atoms with E-state index in [0.29, 0.717) is 6.54 Å². The van der Waals surface area contributed by atoms with Crippen molar-refractivity contribution in [1.29, 1.82) is 0 Å². The van der Waals surface area contributed by atoms with Crippen LogP contribution in [0.25, 0.3) is 0 Å². The lowest BCUT2D eigenvalue weighted by Gasteiger charge is -2.06. The monoisotopic (exact) mass is 211 g/mol. The van der Waals surface area contributed by atoms with Crippen molar-refractivity contribution in [3.63, 3.8) is 0 Å². The Labute approximate surface area is 89.3 Å². The number of carbonyl (C=O) groups is 1. The zero-order chi connectivity index (χ0) is 10.6. The van der Waals surface area contributed by atoms with Crippen molar-refractivity contribution < 1.29 is 4.79 Å². The van der Waals surface area contributed by atoms with Gasteiger partial charge in [-0.3, -0.25) is 4.79 Å². The summed E-state index contributed by atoms with van der Waals surface area (Å²) in [6.45, 7) is 4.23. The summed E-state index contributed by atoms with van der Waals surface area (Å²) < 4.78 is 0. The molecule has 14 heavy (non-hydrogen) atoms. The van der Waals surface area contributed by atoms with Crippen LogP contribution in [0.5, 0.6) is 0 Å². The molecule has 0 spiro atoms. The maximum absolute atomic E-state index is 11.1. The van der Waals surface area contributed by atoms with Crippen LogP contribution in [0, 0.1) is 6.92 Å². The Morgan fingerprint density at radius 1 is 1.43 bits per heavy atom. The average Bonchev–Trinajstić information content (AvgIpc) is 2.16. The van der Waals surface area contributed by atoms with Gasteiger partial charge in [0.1, 0.15) is 5.38 Å². The van der Waals surface area contributed by atoms with E-state index in [1.165, 1.54) is 5.56 Å². The molecule has 0 aliphatic rings. The maximum Gasteiger partial charge on any atom is 0.238 e. The maximum atomic E-state index is 11.1. The molecule has 0 aromatic heterocycles. The fourth-order valence-electron chi connectivity index (χ4n) is 1.04. The van der Waals surface area contributed by atoms with Crippen LogP contribution >= 0.6 is 11.6 Å². The number of halogens is 1. The molecular formula is C11H14ClNO. The Kier molecular flexibility index (Phi) is 3.96. The molecule has 1 atom stereocenters. The molecule has 1 aromatic rings. The van der Waals surface area contributed by atoms with Gasteiger partial charge < -0.3 is 5.32 Å². The molecule has 1 unspecified atom stereocenters. The molecule has 0 saturated carbocycles. The topological polar surface area (TPSA) is 29.1 Å². The summed E-state index contributed by atoms with van der Waals surface area (Å²) in [7, 11) is 0. The normalized spacial score (nSPS) is 12.2. The van der Waals surface area contributed by atoms with Gasteiger partial charge >= 0.3 is 0 Å². The highest BCUT2D eigenvalue weighted by atomic mass is 35.5. The second kappa shape index (κ2) is 5.01. The number of aryl methyl sites for hydroxylation is 1. The second-order valence-electron chi connectivity index (χ2n) is 3.32. The number of amides is 1. The Morgan fingerprint density at radius 2 is 2.00 bits per heavy atom. The standard InChI is InChI=1S/C11H14ClNO/c1-8-3-5-10(6-4-8)7-13-11(14)9(2)12/h3-6,9H,7H2,1-2H3,(H,13,14).